The van der Waals surface area contributed by atoms with E-state index in [1.807, 2.05) is 7.05 Å². The molecule has 1 N–H and O–H groups in total. The Morgan fingerprint density at radius 1 is 1.42 bits per heavy atom. The van der Waals surface area contributed by atoms with Crippen molar-refractivity contribution in [2.75, 3.05) is 20.1 Å². The van der Waals surface area contributed by atoms with Crippen LogP contribution in [0, 0.1) is 5.92 Å². The lowest BCUT2D eigenvalue weighted by Crippen LogP contribution is -2.45. The van der Waals surface area contributed by atoms with Crippen LogP contribution in [-0.4, -0.2) is 35.6 Å². The van der Waals surface area contributed by atoms with Crippen molar-refractivity contribution in [2.45, 2.75) is 26.3 Å². The van der Waals surface area contributed by atoms with Gasteiger partial charge in [-0.15, -0.1) is 24.0 Å². The number of halogens is 1. The van der Waals surface area contributed by atoms with E-state index in [9.17, 15) is 0 Å². The summed E-state index contributed by atoms with van der Waals surface area (Å²) >= 11 is 0. The lowest BCUT2D eigenvalue weighted by molar-refractivity contribution is 0.273. The Morgan fingerprint density at radius 3 is 2.63 bits per heavy atom. The van der Waals surface area contributed by atoms with E-state index in [2.05, 4.69) is 52.1 Å². The van der Waals surface area contributed by atoms with Gasteiger partial charge in [0.05, 0.1) is 6.54 Å². The van der Waals surface area contributed by atoms with E-state index in [-0.39, 0.29) is 24.0 Å². The zero-order chi connectivity index (χ0) is 13.0. The lowest BCUT2D eigenvalue weighted by atomic mass is 10.00. The lowest BCUT2D eigenvalue weighted by Gasteiger charge is -2.32. The Morgan fingerprint density at radius 2 is 2.11 bits per heavy atom. The highest BCUT2D eigenvalue weighted by molar-refractivity contribution is 14.0. The van der Waals surface area contributed by atoms with E-state index >= 15 is 0 Å². The van der Waals surface area contributed by atoms with E-state index in [0.29, 0.717) is 0 Å². The van der Waals surface area contributed by atoms with Crippen molar-refractivity contribution >= 4 is 29.9 Å². The third-order valence-electron chi connectivity index (χ3n) is 3.77. The molecule has 0 bridgehead atoms. The monoisotopic (exact) mass is 376 g/mol. The summed E-state index contributed by atoms with van der Waals surface area (Å²) in [6.07, 6.45) is 4.61. The van der Waals surface area contributed by atoms with Crippen molar-refractivity contribution in [1.82, 2.24) is 14.8 Å². The van der Waals surface area contributed by atoms with E-state index in [1.165, 1.54) is 18.5 Å². The number of hydrogen-bond acceptors (Lipinski definition) is 1. The number of likely N-dealkylation sites (tertiary alicyclic amines) is 1. The Kier molecular flexibility index (Phi) is 6.68. The molecule has 1 aromatic heterocycles. The van der Waals surface area contributed by atoms with Gasteiger partial charge in [0.25, 0.3) is 0 Å². The van der Waals surface area contributed by atoms with Crippen LogP contribution in [0.2, 0.25) is 0 Å². The summed E-state index contributed by atoms with van der Waals surface area (Å²) in [7, 11) is 3.94. The summed E-state index contributed by atoms with van der Waals surface area (Å²) < 4.78 is 2.14. The number of rotatable bonds is 2. The van der Waals surface area contributed by atoms with Crippen molar-refractivity contribution in [3.8, 4) is 0 Å². The number of nitrogens with zero attached hydrogens (tertiary/aromatic N) is 3. The molecule has 108 valence electrons. The first kappa shape index (κ1) is 16.3. The van der Waals surface area contributed by atoms with Crippen LogP contribution in [0.4, 0.5) is 0 Å². The molecule has 0 amide bonds. The van der Waals surface area contributed by atoms with Gasteiger partial charge in [0.1, 0.15) is 0 Å². The van der Waals surface area contributed by atoms with Gasteiger partial charge in [0, 0.05) is 39.1 Å². The average Bonchev–Trinajstić information content (AvgIpc) is 2.78. The maximum absolute atomic E-state index is 4.39. The van der Waals surface area contributed by atoms with E-state index in [4.69, 9.17) is 0 Å². The topological polar surface area (TPSA) is 32.6 Å². The Bertz CT molecular complexity index is 405. The van der Waals surface area contributed by atoms with Gasteiger partial charge >= 0.3 is 0 Å². The molecule has 0 spiro atoms. The molecule has 2 heterocycles. The third-order valence-corrected chi connectivity index (χ3v) is 3.77. The molecule has 4 nitrogen and oxygen atoms in total. The highest BCUT2D eigenvalue weighted by Gasteiger charge is 2.18. The molecule has 1 aromatic rings. The highest BCUT2D eigenvalue weighted by Crippen LogP contribution is 2.15. The smallest absolute Gasteiger partial charge is 0.193 e. The quantitative estimate of drug-likeness (QED) is 0.489. The average molecular weight is 376 g/mol. The molecule has 0 radical (unpaired) electrons. The normalized spacial score (nSPS) is 17.2. The van der Waals surface area contributed by atoms with Gasteiger partial charge in [-0.3, -0.25) is 4.99 Å². The molecule has 0 atom stereocenters. The fourth-order valence-corrected chi connectivity index (χ4v) is 2.40. The molecule has 0 saturated carbocycles. The van der Waals surface area contributed by atoms with Crippen molar-refractivity contribution in [2.24, 2.45) is 18.0 Å². The molecular weight excluding hydrogens is 351 g/mol. The molecule has 2 rings (SSSR count). The second-order valence-electron chi connectivity index (χ2n) is 5.18. The number of aliphatic imine (C=N–C) groups is 1. The number of nitrogens with one attached hydrogen (secondary N) is 1. The third kappa shape index (κ3) is 4.40. The minimum absolute atomic E-state index is 0. The Labute approximate surface area is 133 Å². The number of aromatic nitrogens is 1. The van der Waals surface area contributed by atoms with Crippen molar-refractivity contribution < 1.29 is 0 Å². The number of piperidine rings is 1. The molecule has 0 aliphatic carbocycles. The molecule has 1 aliphatic rings. The van der Waals surface area contributed by atoms with E-state index < -0.39 is 0 Å². The maximum atomic E-state index is 4.39. The molecule has 0 unspecified atom stereocenters. The summed E-state index contributed by atoms with van der Waals surface area (Å²) in [4.78, 5) is 6.75. The highest BCUT2D eigenvalue weighted by atomic mass is 127. The molecule has 1 fully saturated rings. The van der Waals surface area contributed by atoms with E-state index in [0.717, 1.165) is 31.5 Å². The van der Waals surface area contributed by atoms with Crippen molar-refractivity contribution in [3.05, 3.63) is 24.0 Å². The predicted molar refractivity (Wildman–Crippen MR) is 91.0 cm³/mol. The van der Waals surface area contributed by atoms with Crippen LogP contribution >= 0.6 is 24.0 Å². The molecule has 19 heavy (non-hydrogen) atoms. The zero-order valence-electron chi connectivity index (χ0n) is 12.1. The van der Waals surface area contributed by atoms with Crippen molar-refractivity contribution in [1.29, 1.82) is 0 Å². The van der Waals surface area contributed by atoms with Crippen LogP contribution < -0.4 is 5.32 Å². The molecule has 5 heteroatoms. The van der Waals surface area contributed by atoms with Crippen LogP contribution in [0.5, 0.6) is 0 Å². The van der Waals surface area contributed by atoms with Gasteiger partial charge in [0.2, 0.25) is 0 Å². The van der Waals surface area contributed by atoms with Gasteiger partial charge in [0.15, 0.2) is 5.96 Å². The second kappa shape index (κ2) is 7.77. The summed E-state index contributed by atoms with van der Waals surface area (Å²) in [6.45, 7) is 5.40. The number of hydrogen-bond donors (Lipinski definition) is 1. The first-order valence-corrected chi connectivity index (χ1v) is 6.76. The first-order valence-electron chi connectivity index (χ1n) is 6.76. The molecule has 1 saturated heterocycles. The minimum Gasteiger partial charge on any atom is -0.353 e. The van der Waals surface area contributed by atoms with Gasteiger partial charge in [-0.25, -0.2) is 0 Å². The first-order chi connectivity index (χ1) is 8.70. The van der Waals surface area contributed by atoms with Crippen LogP contribution in [0.3, 0.4) is 0 Å². The van der Waals surface area contributed by atoms with E-state index in [1.54, 1.807) is 0 Å². The van der Waals surface area contributed by atoms with Gasteiger partial charge in [-0.1, -0.05) is 6.92 Å². The van der Waals surface area contributed by atoms with Gasteiger partial charge < -0.3 is 14.8 Å². The summed E-state index contributed by atoms with van der Waals surface area (Å²) in [5.74, 6) is 1.88. The van der Waals surface area contributed by atoms with Gasteiger partial charge in [-0.2, -0.15) is 0 Å². The van der Waals surface area contributed by atoms with Crippen LogP contribution in [0.1, 0.15) is 25.5 Å². The van der Waals surface area contributed by atoms with Gasteiger partial charge in [-0.05, 0) is 30.9 Å². The Hall–Kier alpha value is -0.720. The van der Waals surface area contributed by atoms with Crippen LogP contribution in [0.15, 0.2) is 23.3 Å². The summed E-state index contributed by atoms with van der Waals surface area (Å²) in [5, 5.41) is 3.45. The fourth-order valence-electron chi connectivity index (χ4n) is 2.40. The van der Waals surface area contributed by atoms with Crippen LogP contribution in [0.25, 0.3) is 0 Å². The standard InChI is InChI=1S/C14H24N4.HI/c1-12-6-9-18(10-7-12)14(15-2)16-11-13-5-4-8-17(13)3;/h4-5,8,12H,6-7,9-11H2,1-3H3,(H,15,16);1H. The molecule has 1 aliphatic heterocycles. The summed E-state index contributed by atoms with van der Waals surface area (Å²) in [6, 6.07) is 4.21. The Balaban J connectivity index is 0.00000180. The predicted octanol–water partition coefficient (Wildman–Crippen LogP) is 2.45. The minimum atomic E-state index is 0. The second-order valence-corrected chi connectivity index (χ2v) is 5.18. The van der Waals surface area contributed by atoms with Crippen LogP contribution in [-0.2, 0) is 13.6 Å². The fraction of sp³-hybridized carbons (Fsp3) is 0.643. The van der Waals surface area contributed by atoms with Crippen molar-refractivity contribution in [3.63, 3.8) is 0 Å². The summed E-state index contributed by atoms with van der Waals surface area (Å²) in [5.41, 5.74) is 1.28. The SMILES string of the molecule is CN=C(NCc1cccn1C)N1CCC(C)CC1.I. The largest absolute Gasteiger partial charge is 0.353 e. The molecular formula is C14H25IN4. The molecule has 0 aromatic carbocycles. The number of guanidine groups is 1. The number of aryl methyl sites for hydroxylation is 1. The maximum Gasteiger partial charge on any atom is 0.193 e. The zero-order valence-corrected chi connectivity index (χ0v) is 14.4.